The maximum atomic E-state index is 5.98. The third-order valence-electron chi connectivity index (χ3n) is 3.48. The fourth-order valence-electron chi connectivity index (χ4n) is 2.60. The molecule has 1 aromatic heterocycles. The van der Waals surface area contributed by atoms with Gasteiger partial charge in [-0.2, -0.15) is 0 Å². The van der Waals surface area contributed by atoms with Gasteiger partial charge in [0.05, 0.1) is 6.10 Å². The topological polar surface area (TPSA) is 34.1 Å². The van der Waals surface area contributed by atoms with Crippen LogP contribution in [-0.2, 0) is 0 Å². The number of nitrogens with zero attached hydrogens (tertiary/aromatic N) is 1. The minimum absolute atomic E-state index is 0.159. The number of hydrogen-bond acceptors (Lipinski definition) is 3. The zero-order valence-corrected chi connectivity index (χ0v) is 12.5. The fraction of sp³-hybridized carbons (Fsp3) is 0.667. The van der Waals surface area contributed by atoms with E-state index in [1.165, 1.54) is 19.3 Å². The average molecular weight is 283 g/mol. The number of aromatic nitrogens is 1. The SMILES string of the molecule is CC(C)Oc1cccnc1NC1CCCC(CCl)C1. The molecule has 1 heterocycles. The fourth-order valence-corrected chi connectivity index (χ4v) is 2.88. The molecule has 0 bridgehead atoms. The summed E-state index contributed by atoms with van der Waals surface area (Å²) in [5.74, 6) is 3.09. The standard InChI is InChI=1S/C15H23ClN2O/c1-11(2)19-14-7-4-8-17-15(14)18-13-6-3-5-12(9-13)10-16/h4,7-8,11-13H,3,5-6,9-10H2,1-2H3,(H,17,18). The summed E-state index contributed by atoms with van der Waals surface area (Å²) >= 11 is 5.98. The van der Waals surface area contributed by atoms with Gasteiger partial charge in [0.15, 0.2) is 11.6 Å². The summed E-state index contributed by atoms with van der Waals surface area (Å²) in [5.41, 5.74) is 0. The van der Waals surface area contributed by atoms with E-state index in [1.807, 2.05) is 26.0 Å². The quantitative estimate of drug-likeness (QED) is 0.827. The van der Waals surface area contributed by atoms with Crippen LogP contribution < -0.4 is 10.1 Å². The maximum Gasteiger partial charge on any atom is 0.168 e. The van der Waals surface area contributed by atoms with Gasteiger partial charge in [-0.15, -0.1) is 11.6 Å². The highest BCUT2D eigenvalue weighted by Crippen LogP contribution is 2.30. The van der Waals surface area contributed by atoms with Crippen LogP contribution in [0.3, 0.4) is 0 Å². The minimum atomic E-state index is 0.159. The van der Waals surface area contributed by atoms with Gasteiger partial charge in [-0.05, 0) is 51.2 Å². The van der Waals surface area contributed by atoms with E-state index in [9.17, 15) is 0 Å². The summed E-state index contributed by atoms with van der Waals surface area (Å²) in [6.07, 6.45) is 6.76. The van der Waals surface area contributed by atoms with E-state index in [0.717, 1.165) is 23.9 Å². The molecule has 1 saturated carbocycles. The zero-order valence-electron chi connectivity index (χ0n) is 11.7. The van der Waals surface area contributed by atoms with Crippen LogP contribution in [0.25, 0.3) is 0 Å². The minimum Gasteiger partial charge on any atom is -0.487 e. The molecule has 0 saturated heterocycles. The summed E-state index contributed by atoms with van der Waals surface area (Å²) in [5, 5.41) is 3.52. The Balaban J connectivity index is 2.01. The Kier molecular flexibility index (Phi) is 5.32. The van der Waals surface area contributed by atoms with Gasteiger partial charge in [0.1, 0.15) is 0 Å². The Morgan fingerprint density at radius 1 is 1.47 bits per heavy atom. The first-order valence-corrected chi connectivity index (χ1v) is 7.66. The van der Waals surface area contributed by atoms with Crippen molar-refractivity contribution >= 4 is 17.4 Å². The van der Waals surface area contributed by atoms with Gasteiger partial charge < -0.3 is 10.1 Å². The maximum absolute atomic E-state index is 5.98. The molecule has 0 spiro atoms. The van der Waals surface area contributed by atoms with Gasteiger partial charge in [0.2, 0.25) is 0 Å². The van der Waals surface area contributed by atoms with Crippen molar-refractivity contribution in [1.82, 2.24) is 4.98 Å². The first-order valence-electron chi connectivity index (χ1n) is 7.13. The van der Waals surface area contributed by atoms with E-state index in [1.54, 1.807) is 6.20 Å². The van der Waals surface area contributed by atoms with Crippen LogP contribution in [0.2, 0.25) is 0 Å². The lowest BCUT2D eigenvalue weighted by Crippen LogP contribution is -2.28. The lowest BCUT2D eigenvalue weighted by molar-refractivity contribution is 0.242. The van der Waals surface area contributed by atoms with Crippen molar-refractivity contribution in [3.63, 3.8) is 0 Å². The third-order valence-corrected chi connectivity index (χ3v) is 3.91. The Hall–Kier alpha value is -0.960. The van der Waals surface area contributed by atoms with Crippen molar-refractivity contribution in [2.24, 2.45) is 5.92 Å². The predicted molar refractivity (Wildman–Crippen MR) is 80.1 cm³/mol. The summed E-state index contributed by atoms with van der Waals surface area (Å²) in [6, 6.07) is 4.34. The number of alkyl halides is 1. The van der Waals surface area contributed by atoms with E-state index in [4.69, 9.17) is 16.3 Å². The van der Waals surface area contributed by atoms with Crippen molar-refractivity contribution in [1.29, 1.82) is 0 Å². The van der Waals surface area contributed by atoms with Crippen molar-refractivity contribution in [3.8, 4) is 5.75 Å². The highest BCUT2D eigenvalue weighted by atomic mass is 35.5. The Labute approximate surface area is 120 Å². The monoisotopic (exact) mass is 282 g/mol. The van der Waals surface area contributed by atoms with E-state index < -0.39 is 0 Å². The Morgan fingerprint density at radius 3 is 3.05 bits per heavy atom. The third kappa shape index (κ3) is 4.27. The second-order valence-electron chi connectivity index (χ2n) is 5.54. The highest BCUT2D eigenvalue weighted by Gasteiger charge is 2.22. The molecule has 1 aromatic rings. The van der Waals surface area contributed by atoms with Crippen LogP contribution in [-0.4, -0.2) is 23.0 Å². The molecular formula is C15H23ClN2O. The molecule has 2 unspecified atom stereocenters. The van der Waals surface area contributed by atoms with Gasteiger partial charge in [0, 0.05) is 18.1 Å². The molecule has 0 amide bonds. The van der Waals surface area contributed by atoms with E-state index >= 15 is 0 Å². The van der Waals surface area contributed by atoms with Gasteiger partial charge in [-0.1, -0.05) is 6.42 Å². The van der Waals surface area contributed by atoms with E-state index in [-0.39, 0.29) is 6.10 Å². The van der Waals surface area contributed by atoms with Crippen molar-refractivity contribution < 1.29 is 4.74 Å². The van der Waals surface area contributed by atoms with Gasteiger partial charge >= 0.3 is 0 Å². The van der Waals surface area contributed by atoms with Crippen molar-refractivity contribution in [3.05, 3.63) is 18.3 Å². The number of hydrogen-bond donors (Lipinski definition) is 1. The summed E-state index contributed by atoms with van der Waals surface area (Å²) in [7, 11) is 0. The zero-order chi connectivity index (χ0) is 13.7. The van der Waals surface area contributed by atoms with Crippen molar-refractivity contribution in [2.75, 3.05) is 11.2 Å². The largest absolute Gasteiger partial charge is 0.487 e. The number of ether oxygens (including phenoxy) is 1. The molecule has 2 rings (SSSR count). The van der Waals surface area contributed by atoms with Crippen LogP contribution in [0.1, 0.15) is 39.5 Å². The molecule has 1 aliphatic carbocycles. The highest BCUT2D eigenvalue weighted by molar-refractivity contribution is 6.18. The number of pyridine rings is 1. The molecule has 1 aliphatic rings. The van der Waals surface area contributed by atoms with Gasteiger partial charge in [0.25, 0.3) is 0 Å². The first kappa shape index (κ1) is 14.4. The second kappa shape index (κ2) is 6.99. The molecule has 2 atom stereocenters. The Morgan fingerprint density at radius 2 is 2.32 bits per heavy atom. The van der Waals surface area contributed by atoms with Crippen LogP contribution >= 0.6 is 11.6 Å². The first-order chi connectivity index (χ1) is 9.19. The summed E-state index contributed by atoms with van der Waals surface area (Å²) < 4.78 is 5.79. The molecule has 0 aromatic carbocycles. The molecular weight excluding hydrogens is 260 g/mol. The van der Waals surface area contributed by atoms with Crippen LogP contribution in [0.4, 0.5) is 5.82 Å². The summed E-state index contributed by atoms with van der Waals surface area (Å²) in [6.45, 7) is 4.06. The normalized spacial score (nSPS) is 23.4. The molecule has 1 fully saturated rings. The van der Waals surface area contributed by atoms with E-state index in [0.29, 0.717) is 12.0 Å². The van der Waals surface area contributed by atoms with Crippen LogP contribution in [0.15, 0.2) is 18.3 Å². The van der Waals surface area contributed by atoms with E-state index in [2.05, 4.69) is 10.3 Å². The lowest BCUT2D eigenvalue weighted by atomic mass is 9.87. The molecule has 0 aliphatic heterocycles. The van der Waals surface area contributed by atoms with Crippen LogP contribution in [0, 0.1) is 5.92 Å². The number of rotatable bonds is 5. The molecule has 3 nitrogen and oxygen atoms in total. The molecule has 4 heteroatoms. The molecule has 19 heavy (non-hydrogen) atoms. The number of halogens is 1. The van der Waals surface area contributed by atoms with Crippen molar-refractivity contribution in [2.45, 2.75) is 51.7 Å². The second-order valence-corrected chi connectivity index (χ2v) is 5.85. The van der Waals surface area contributed by atoms with Gasteiger partial charge in [-0.3, -0.25) is 0 Å². The average Bonchev–Trinajstić information content (AvgIpc) is 2.41. The molecule has 106 valence electrons. The number of anilines is 1. The molecule has 0 radical (unpaired) electrons. The summed E-state index contributed by atoms with van der Waals surface area (Å²) in [4.78, 5) is 4.41. The predicted octanol–water partition coefficient (Wildman–Crippen LogP) is 4.08. The molecule has 1 N–H and O–H groups in total. The lowest BCUT2D eigenvalue weighted by Gasteiger charge is -2.29. The smallest absolute Gasteiger partial charge is 0.168 e. The van der Waals surface area contributed by atoms with Gasteiger partial charge in [-0.25, -0.2) is 4.98 Å². The Bertz CT molecular complexity index is 397. The number of nitrogens with one attached hydrogen (secondary N) is 1. The van der Waals surface area contributed by atoms with Crippen LogP contribution in [0.5, 0.6) is 5.75 Å².